The lowest BCUT2D eigenvalue weighted by molar-refractivity contribution is 0.0843. The van der Waals surface area contributed by atoms with E-state index in [2.05, 4.69) is 10.9 Å². The second-order valence-corrected chi connectivity index (χ2v) is 6.58. The van der Waals surface area contributed by atoms with Gasteiger partial charge in [0.1, 0.15) is 23.9 Å². The largest absolute Gasteiger partial charge is 0.488 e. The fourth-order valence-corrected chi connectivity index (χ4v) is 2.75. The summed E-state index contributed by atoms with van der Waals surface area (Å²) in [5.41, 5.74) is 6.38. The SMILES string of the molecule is Cc1cc(C(=O)NNC(=O)c2ccccc2OCc2ccc(Cl)cc2)c(C)o1. The highest BCUT2D eigenvalue weighted by molar-refractivity contribution is 6.30. The molecular formula is C21H19ClN2O4. The molecule has 0 saturated carbocycles. The molecule has 3 aromatic rings. The van der Waals surface area contributed by atoms with Crippen LogP contribution in [0.3, 0.4) is 0 Å². The van der Waals surface area contributed by atoms with Gasteiger partial charge in [-0.25, -0.2) is 0 Å². The quantitative estimate of drug-likeness (QED) is 0.631. The molecule has 144 valence electrons. The van der Waals surface area contributed by atoms with Gasteiger partial charge >= 0.3 is 0 Å². The van der Waals surface area contributed by atoms with Gasteiger partial charge in [-0.05, 0) is 49.7 Å². The van der Waals surface area contributed by atoms with Crippen molar-refractivity contribution in [2.24, 2.45) is 0 Å². The second kappa shape index (κ2) is 8.63. The van der Waals surface area contributed by atoms with Crippen molar-refractivity contribution in [1.29, 1.82) is 0 Å². The number of aryl methyl sites for hydroxylation is 2. The lowest BCUT2D eigenvalue weighted by Crippen LogP contribution is -2.41. The maximum Gasteiger partial charge on any atom is 0.273 e. The first-order chi connectivity index (χ1) is 13.4. The summed E-state index contributed by atoms with van der Waals surface area (Å²) in [5, 5.41) is 0.641. The first-order valence-corrected chi connectivity index (χ1v) is 8.96. The molecule has 6 nitrogen and oxygen atoms in total. The van der Waals surface area contributed by atoms with Crippen LogP contribution in [0.4, 0.5) is 0 Å². The van der Waals surface area contributed by atoms with Gasteiger partial charge in [-0.3, -0.25) is 20.4 Å². The Bertz CT molecular complexity index is 996. The molecule has 2 N–H and O–H groups in total. The molecule has 2 aromatic carbocycles. The van der Waals surface area contributed by atoms with Crippen LogP contribution in [-0.2, 0) is 6.61 Å². The van der Waals surface area contributed by atoms with Gasteiger partial charge in [-0.15, -0.1) is 0 Å². The number of carbonyl (C=O) groups excluding carboxylic acids is 2. The Morgan fingerprint density at radius 3 is 2.25 bits per heavy atom. The number of hydrazine groups is 1. The lowest BCUT2D eigenvalue weighted by Gasteiger charge is -2.12. The van der Waals surface area contributed by atoms with Crippen LogP contribution in [0, 0.1) is 13.8 Å². The molecule has 0 radical (unpaired) electrons. The van der Waals surface area contributed by atoms with Crippen LogP contribution in [0.5, 0.6) is 5.75 Å². The Hall–Kier alpha value is -3.25. The molecule has 28 heavy (non-hydrogen) atoms. The van der Waals surface area contributed by atoms with Crippen LogP contribution in [0.25, 0.3) is 0 Å². The van der Waals surface area contributed by atoms with Crippen LogP contribution >= 0.6 is 11.6 Å². The summed E-state index contributed by atoms with van der Waals surface area (Å²) in [6.07, 6.45) is 0. The molecule has 0 aliphatic carbocycles. The molecule has 0 aliphatic rings. The number of carbonyl (C=O) groups is 2. The minimum absolute atomic E-state index is 0.279. The highest BCUT2D eigenvalue weighted by atomic mass is 35.5. The standard InChI is InChI=1S/C21H19ClN2O4/c1-13-11-18(14(2)28-13)21(26)24-23-20(25)17-5-3-4-6-19(17)27-12-15-7-9-16(22)10-8-15/h3-11H,12H2,1-2H3,(H,23,25)(H,24,26). The van der Waals surface area contributed by atoms with Crippen molar-refractivity contribution in [3.8, 4) is 5.75 Å². The fraction of sp³-hybridized carbons (Fsp3) is 0.143. The molecule has 7 heteroatoms. The van der Waals surface area contributed by atoms with E-state index in [0.717, 1.165) is 5.56 Å². The minimum atomic E-state index is -0.488. The van der Waals surface area contributed by atoms with Crippen molar-refractivity contribution in [1.82, 2.24) is 10.9 Å². The van der Waals surface area contributed by atoms with Crippen LogP contribution < -0.4 is 15.6 Å². The molecule has 2 amide bonds. The summed E-state index contributed by atoms with van der Waals surface area (Å²) in [6, 6.07) is 15.6. The molecular weight excluding hydrogens is 380 g/mol. The molecule has 0 bridgehead atoms. The van der Waals surface area contributed by atoms with Crippen molar-refractivity contribution < 1.29 is 18.7 Å². The number of hydrogen-bond acceptors (Lipinski definition) is 4. The van der Waals surface area contributed by atoms with E-state index < -0.39 is 11.8 Å². The number of rotatable bonds is 5. The third-order valence-corrected chi connectivity index (χ3v) is 4.27. The molecule has 1 heterocycles. The third kappa shape index (κ3) is 4.72. The van der Waals surface area contributed by atoms with Gasteiger partial charge in [0.2, 0.25) is 0 Å². The average molecular weight is 399 g/mol. The highest BCUT2D eigenvalue weighted by Gasteiger charge is 2.16. The van der Waals surface area contributed by atoms with Crippen LogP contribution in [0.1, 0.15) is 37.8 Å². The molecule has 0 aliphatic heterocycles. The Labute approximate surface area is 167 Å². The molecule has 0 fully saturated rings. The maximum atomic E-state index is 12.5. The Kier molecular flexibility index (Phi) is 6.01. The summed E-state index contributed by atoms with van der Waals surface area (Å²) in [4.78, 5) is 24.7. The predicted molar refractivity (Wildman–Crippen MR) is 105 cm³/mol. The number of amides is 2. The zero-order chi connectivity index (χ0) is 20.1. The van der Waals surface area contributed by atoms with E-state index in [1.807, 2.05) is 12.1 Å². The molecule has 0 spiro atoms. The van der Waals surface area contributed by atoms with E-state index in [9.17, 15) is 9.59 Å². The Balaban J connectivity index is 1.64. The summed E-state index contributed by atoms with van der Waals surface area (Å²) in [6.45, 7) is 3.71. The number of nitrogens with one attached hydrogen (secondary N) is 2. The summed E-state index contributed by atoms with van der Waals surface area (Å²) < 4.78 is 11.1. The first kappa shape index (κ1) is 19.5. The van der Waals surface area contributed by atoms with E-state index in [-0.39, 0.29) is 6.61 Å². The third-order valence-electron chi connectivity index (χ3n) is 4.01. The zero-order valence-electron chi connectivity index (χ0n) is 15.4. The number of hydrogen-bond donors (Lipinski definition) is 2. The van der Waals surface area contributed by atoms with Crippen LogP contribution in [0.2, 0.25) is 5.02 Å². The predicted octanol–water partition coefficient (Wildman–Crippen LogP) is 4.20. The number of benzene rings is 2. The van der Waals surface area contributed by atoms with Gasteiger partial charge in [0.15, 0.2) is 0 Å². The molecule has 1 aromatic heterocycles. The number of furan rings is 1. The highest BCUT2D eigenvalue weighted by Crippen LogP contribution is 2.20. The van der Waals surface area contributed by atoms with Crippen molar-refractivity contribution in [3.05, 3.63) is 87.8 Å². The molecule has 0 unspecified atom stereocenters. The van der Waals surface area contributed by atoms with Crippen LogP contribution in [0.15, 0.2) is 59.0 Å². The van der Waals surface area contributed by atoms with E-state index in [1.165, 1.54) is 0 Å². The summed E-state index contributed by atoms with van der Waals surface area (Å²) in [5.74, 6) is 0.561. The molecule has 3 rings (SSSR count). The van der Waals surface area contributed by atoms with Gasteiger partial charge in [0.05, 0.1) is 11.1 Å². The monoisotopic (exact) mass is 398 g/mol. The van der Waals surface area contributed by atoms with E-state index >= 15 is 0 Å². The van der Waals surface area contributed by atoms with Crippen molar-refractivity contribution in [3.63, 3.8) is 0 Å². The average Bonchev–Trinajstić information content (AvgIpc) is 3.04. The van der Waals surface area contributed by atoms with Crippen molar-refractivity contribution in [2.45, 2.75) is 20.5 Å². The van der Waals surface area contributed by atoms with Gasteiger partial charge in [-0.2, -0.15) is 0 Å². The normalized spacial score (nSPS) is 10.4. The smallest absolute Gasteiger partial charge is 0.273 e. The van der Waals surface area contributed by atoms with Gasteiger partial charge < -0.3 is 9.15 Å². The van der Waals surface area contributed by atoms with E-state index in [4.69, 9.17) is 20.8 Å². The number of para-hydroxylation sites is 1. The van der Waals surface area contributed by atoms with E-state index in [1.54, 1.807) is 56.3 Å². The van der Waals surface area contributed by atoms with Gasteiger partial charge in [0, 0.05) is 5.02 Å². The first-order valence-electron chi connectivity index (χ1n) is 8.58. The Morgan fingerprint density at radius 2 is 1.61 bits per heavy atom. The fourth-order valence-electron chi connectivity index (χ4n) is 2.63. The topological polar surface area (TPSA) is 80.6 Å². The van der Waals surface area contributed by atoms with Crippen molar-refractivity contribution >= 4 is 23.4 Å². The van der Waals surface area contributed by atoms with Gasteiger partial charge in [0.25, 0.3) is 11.8 Å². The summed E-state index contributed by atoms with van der Waals surface area (Å²) >= 11 is 5.88. The van der Waals surface area contributed by atoms with Crippen LogP contribution in [-0.4, -0.2) is 11.8 Å². The molecule has 0 saturated heterocycles. The van der Waals surface area contributed by atoms with Crippen molar-refractivity contribution in [2.75, 3.05) is 0 Å². The second-order valence-electron chi connectivity index (χ2n) is 6.15. The van der Waals surface area contributed by atoms with Gasteiger partial charge in [-0.1, -0.05) is 35.9 Å². The van der Waals surface area contributed by atoms with E-state index in [0.29, 0.717) is 33.4 Å². The zero-order valence-corrected chi connectivity index (χ0v) is 16.2. The molecule has 0 atom stereocenters. The minimum Gasteiger partial charge on any atom is -0.488 e. The number of ether oxygens (including phenoxy) is 1. The number of halogens is 1. The Morgan fingerprint density at radius 1 is 0.964 bits per heavy atom. The lowest BCUT2D eigenvalue weighted by atomic mass is 10.2. The maximum absolute atomic E-state index is 12.5. The summed E-state index contributed by atoms with van der Waals surface area (Å²) in [7, 11) is 0.